The van der Waals surface area contributed by atoms with Crippen LogP contribution in [0.25, 0.3) is 0 Å². The monoisotopic (exact) mass is 349 g/mol. The van der Waals surface area contributed by atoms with E-state index in [1.165, 1.54) is 11.3 Å². The quantitative estimate of drug-likeness (QED) is 0.913. The number of hydrogen-bond donors (Lipinski definition) is 1. The second-order valence-electron chi connectivity index (χ2n) is 7.62. The topological polar surface area (TPSA) is 62.3 Å². The number of amides is 2. The molecule has 0 bridgehead atoms. The van der Waals surface area contributed by atoms with Gasteiger partial charge in [0, 0.05) is 24.5 Å². The Balaban J connectivity index is 1.83. The predicted octanol–water partition coefficient (Wildman–Crippen LogP) is 2.92. The summed E-state index contributed by atoms with van der Waals surface area (Å²) in [6.45, 7) is 9.03. The number of carbonyl (C=O) groups excluding carboxylic acids is 2. The minimum atomic E-state index is -0.0827. The van der Waals surface area contributed by atoms with E-state index in [0.29, 0.717) is 13.1 Å². The first-order valence-electron chi connectivity index (χ1n) is 8.86. The van der Waals surface area contributed by atoms with Crippen molar-refractivity contribution in [1.29, 1.82) is 0 Å². The van der Waals surface area contributed by atoms with E-state index in [0.717, 1.165) is 41.3 Å². The molecule has 1 saturated carbocycles. The summed E-state index contributed by atoms with van der Waals surface area (Å²) in [4.78, 5) is 32.7. The number of nitrogens with zero attached hydrogens (tertiary/aromatic N) is 2. The Morgan fingerprint density at radius 3 is 2.50 bits per heavy atom. The molecule has 0 radical (unpaired) electrons. The zero-order chi connectivity index (χ0) is 17.5. The van der Waals surface area contributed by atoms with E-state index in [1.54, 1.807) is 0 Å². The SMILES string of the molecule is Cc1nc(C)c(C(=O)N2CC(C(=O)NC(C)C)C3(CCCC3)C2)s1. The molecular formula is C18H27N3O2S. The fraction of sp³-hybridized carbons (Fsp3) is 0.722. The highest BCUT2D eigenvalue weighted by molar-refractivity contribution is 7.13. The molecule has 24 heavy (non-hydrogen) atoms. The van der Waals surface area contributed by atoms with E-state index in [-0.39, 0.29) is 29.2 Å². The number of carbonyl (C=O) groups is 2. The van der Waals surface area contributed by atoms with E-state index in [1.807, 2.05) is 32.6 Å². The number of aromatic nitrogens is 1. The molecule has 2 fully saturated rings. The summed E-state index contributed by atoms with van der Waals surface area (Å²) in [5.74, 6) is 0.0734. The average molecular weight is 350 g/mol. The smallest absolute Gasteiger partial charge is 0.265 e. The van der Waals surface area contributed by atoms with E-state index < -0.39 is 0 Å². The molecule has 1 N–H and O–H groups in total. The first kappa shape index (κ1) is 17.4. The number of aryl methyl sites for hydroxylation is 2. The van der Waals surface area contributed by atoms with Crippen molar-refractivity contribution in [3.63, 3.8) is 0 Å². The zero-order valence-electron chi connectivity index (χ0n) is 15.0. The van der Waals surface area contributed by atoms with Crippen molar-refractivity contribution in [1.82, 2.24) is 15.2 Å². The Morgan fingerprint density at radius 1 is 1.29 bits per heavy atom. The number of likely N-dealkylation sites (tertiary alicyclic amines) is 1. The molecule has 132 valence electrons. The Kier molecular flexibility index (Phi) is 4.69. The Labute approximate surface area is 147 Å². The van der Waals surface area contributed by atoms with Crippen molar-refractivity contribution in [2.45, 2.75) is 59.4 Å². The maximum absolute atomic E-state index is 13.0. The van der Waals surface area contributed by atoms with E-state index in [2.05, 4.69) is 10.3 Å². The molecule has 1 aliphatic carbocycles. The summed E-state index contributed by atoms with van der Waals surface area (Å²) in [5, 5.41) is 3.98. The molecule has 5 nitrogen and oxygen atoms in total. The van der Waals surface area contributed by atoms with Crippen molar-refractivity contribution < 1.29 is 9.59 Å². The van der Waals surface area contributed by atoms with Crippen molar-refractivity contribution in [2.75, 3.05) is 13.1 Å². The van der Waals surface area contributed by atoms with Crippen LogP contribution in [-0.2, 0) is 4.79 Å². The van der Waals surface area contributed by atoms with Crippen LogP contribution in [0.2, 0.25) is 0 Å². The van der Waals surface area contributed by atoms with Crippen LogP contribution in [0, 0.1) is 25.2 Å². The lowest BCUT2D eigenvalue weighted by Crippen LogP contribution is -2.42. The Bertz CT molecular complexity index is 647. The van der Waals surface area contributed by atoms with Crippen LogP contribution < -0.4 is 5.32 Å². The van der Waals surface area contributed by atoms with Crippen molar-refractivity contribution >= 4 is 23.2 Å². The standard InChI is InChI=1S/C18H27N3O2S/c1-11(2)19-16(22)14-9-21(10-18(14)7-5-6-8-18)17(23)15-12(3)20-13(4)24-15/h11,14H,5-10H2,1-4H3,(H,19,22). The summed E-state index contributed by atoms with van der Waals surface area (Å²) in [7, 11) is 0. The molecule has 2 aliphatic rings. The van der Waals surface area contributed by atoms with Gasteiger partial charge >= 0.3 is 0 Å². The highest BCUT2D eigenvalue weighted by Gasteiger charge is 2.52. The van der Waals surface area contributed by atoms with Gasteiger partial charge in [-0.15, -0.1) is 11.3 Å². The van der Waals surface area contributed by atoms with Crippen molar-refractivity contribution in [3.05, 3.63) is 15.6 Å². The second kappa shape index (κ2) is 6.47. The highest BCUT2D eigenvalue weighted by Crippen LogP contribution is 2.49. The molecule has 3 rings (SSSR count). The van der Waals surface area contributed by atoms with Crippen LogP contribution in [0.3, 0.4) is 0 Å². The first-order chi connectivity index (χ1) is 11.3. The molecule has 1 saturated heterocycles. The van der Waals surface area contributed by atoms with Gasteiger partial charge in [-0.2, -0.15) is 0 Å². The third-order valence-corrected chi connectivity index (χ3v) is 6.44. The van der Waals surface area contributed by atoms with Crippen LogP contribution in [-0.4, -0.2) is 40.8 Å². The van der Waals surface area contributed by atoms with Gasteiger partial charge in [0.05, 0.1) is 16.6 Å². The number of thiazole rings is 1. The van der Waals surface area contributed by atoms with Gasteiger partial charge in [-0.3, -0.25) is 9.59 Å². The third-order valence-electron chi connectivity index (χ3n) is 5.38. The van der Waals surface area contributed by atoms with Gasteiger partial charge in [0.1, 0.15) is 4.88 Å². The Morgan fingerprint density at radius 2 is 1.96 bits per heavy atom. The molecule has 1 aromatic rings. The Hall–Kier alpha value is -1.43. The minimum absolute atomic E-state index is 0.0255. The number of hydrogen-bond acceptors (Lipinski definition) is 4. The molecule has 0 aromatic carbocycles. The number of rotatable bonds is 3. The van der Waals surface area contributed by atoms with Crippen LogP contribution in [0.5, 0.6) is 0 Å². The molecule has 6 heteroatoms. The summed E-state index contributed by atoms with van der Waals surface area (Å²) >= 11 is 1.46. The van der Waals surface area contributed by atoms with Gasteiger partial charge in [-0.25, -0.2) is 4.98 Å². The normalized spacial score (nSPS) is 22.5. The van der Waals surface area contributed by atoms with E-state index in [4.69, 9.17) is 0 Å². The third kappa shape index (κ3) is 3.08. The minimum Gasteiger partial charge on any atom is -0.354 e. The lowest BCUT2D eigenvalue weighted by molar-refractivity contribution is -0.128. The predicted molar refractivity (Wildman–Crippen MR) is 95.2 cm³/mol. The van der Waals surface area contributed by atoms with Gasteiger partial charge in [0.25, 0.3) is 5.91 Å². The summed E-state index contributed by atoms with van der Waals surface area (Å²) < 4.78 is 0. The maximum Gasteiger partial charge on any atom is 0.265 e. The molecule has 1 unspecified atom stereocenters. The van der Waals surface area contributed by atoms with Gasteiger partial charge < -0.3 is 10.2 Å². The van der Waals surface area contributed by atoms with Crippen LogP contribution >= 0.6 is 11.3 Å². The maximum atomic E-state index is 13.0. The van der Waals surface area contributed by atoms with E-state index >= 15 is 0 Å². The van der Waals surface area contributed by atoms with Crippen molar-refractivity contribution in [2.24, 2.45) is 11.3 Å². The largest absolute Gasteiger partial charge is 0.354 e. The lowest BCUT2D eigenvalue weighted by Gasteiger charge is -2.29. The molecule has 1 aromatic heterocycles. The van der Waals surface area contributed by atoms with Crippen LogP contribution in [0.15, 0.2) is 0 Å². The summed E-state index contributed by atoms with van der Waals surface area (Å²) in [5.41, 5.74) is 0.778. The molecule has 1 aliphatic heterocycles. The first-order valence-corrected chi connectivity index (χ1v) is 9.68. The fourth-order valence-electron chi connectivity index (χ4n) is 4.33. The second-order valence-corrected chi connectivity index (χ2v) is 8.82. The summed E-state index contributed by atoms with van der Waals surface area (Å²) in [6.07, 6.45) is 4.42. The zero-order valence-corrected chi connectivity index (χ0v) is 15.8. The van der Waals surface area contributed by atoms with E-state index in [9.17, 15) is 9.59 Å². The molecule has 1 spiro atoms. The lowest BCUT2D eigenvalue weighted by atomic mass is 9.76. The highest BCUT2D eigenvalue weighted by atomic mass is 32.1. The van der Waals surface area contributed by atoms with Crippen LogP contribution in [0.4, 0.5) is 0 Å². The molecular weight excluding hydrogens is 322 g/mol. The fourth-order valence-corrected chi connectivity index (χ4v) is 5.22. The molecule has 2 amide bonds. The van der Waals surface area contributed by atoms with Gasteiger partial charge in [0.15, 0.2) is 0 Å². The van der Waals surface area contributed by atoms with Crippen LogP contribution in [0.1, 0.15) is 59.9 Å². The molecule has 2 heterocycles. The number of nitrogens with one attached hydrogen (secondary N) is 1. The summed E-state index contributed by atoms with van der Waals surface area (Å²) in [6, 6.07) is 0.132. The van der Waals surface area contributed by atoms with Gasteiger partial charge in [-0.1, -0.05) is 12.8 Å². The van der Waals surface area contributed by atoms with Crippen molar-refractivity contribution in [3.8, 4) is 0 Å². The molecule has 1 atom stereocenters. The van der Waals surface area contributed by atoms with Gasteiger partial charge in [0.2, 0.25) is 5.91 Å². The van der Waals surface area contributed by atoms with Gasteiger partial charge in [-0.05, 0) is 40.5 Å². The average Bonchev–Trinajstić information content (AvgIpc) is 3.19.